The molecule has 2 aromatic rings. The highest BCUT2D eigenvalue weighted by atomic mass is 32.3. The average Bonchev–Trinajstić information content (AvgIpc) is 2.66. The quantitative estimate of drug-likeness (QED) is 0.790. The summed E-state index contributed by atoms with van der Waals surface area (Å²) in [6.45, 7) is 3.70. The summed E-state index contributed by atoms with van der Waals surface area (Å²) in [6.07, 6.45) is 2.62. The Labute approximate surface area is 99.3 Å². The van der Waals surface area contributed by atoms with Crippen molar-refractivity contribution in [1.29, 1.82) is 0 Å². The second-order valence-electron chi connectivity index (χ2n) is 3.74. The van der Waals surface area contributed by atoms with Crippen LogP contribution in [0.5, 0.6) is 0 Å². The smallest absolute Gasteiger partial charge is 0.288 e. The number of pyridine rings is 1. The minimum Gasteiger partial charge on any atom is -0.288 e. The number of nitrogens with zero attached hydrogens (tertiary/aromatic N) is 2. The van der Waals surface area contributed by atoms with E-state index in [-0.39, 0.29) is 10.7 Å². The number of hydrogen-bond acceptors (Lipinski definition) is 3. The van der Waals surface area contributed by atoms with Crippen LogP contribution in [0.2, 0.25) is 0 Å². The summed E-state index contributed by atoms with van der Waals surface area (Å²) in [4.78, 5) is 4.21. The second kappa shape index (κ2) is 4.10. The lowest BCUT2D eigenvalue weighted by Crippen LogP contribution is -2.01. The molecule has 17 heavy (non-hydrogen) atoms. The van der Waals surface area contributed by atoms with Crippen molar-refractivity contribution in [3.05, 3.63) is 29.6 Å². The van der Waals surface area contributed by atoms with Crippen LogP contribution < -0.4 is 0 Å². The molecule has 4 nitrogen and oxygen atoms in total. The Bertz CT molecular complexity index is 661. The molecule has 0 bridgehead atoms. The van der Waals surface area contributed by atoms with Crippen molar-refractivity contribution in [3.8, 4) is 0 Å². The second-order valence-corrected chi connectivity index (χ2v) is 5.00. The molecule has 0 spiro atoms. The lowest BCUT2D eigenvalue weighted by molar-refractivity contribution is 0.545. The van der Waals surface area contributed by atoms with Crippen LogP contribution in [0.25, 0.3) is 5.65 Å². The molecule has 2 heterocycles. The van der Waals surface area contributed by atoms with Crippen LogP contribution in [-0.2, 0) is 23.1 Å². The Morgan fingerprint density at radius 2 is 2.06 bits per heavy atom. The minimum absolute atomic E-state index is 0.272. The largest absolute Gasteiger partial charge is 0.350 e. The van der Waals surface area contributed by atoms with Crippen molar-refractivity contribution in [2.75, 3.05) is 0 Å². The molecule has 92 valence electrons. The SMILES string of the molecule is CCc1nc2c(CC)cccn2c1S(=O)(=O)F. The fourth-order valence-electron chi connectivity index (χ4n) is 1.91. The van der Waals surface area contributed by atoms with Crippen molar-refractivity contribution in [2.24, 2.45) is 0 Å². The maximum Gasteiger partial charge on any atom is 0.350 e. The molecule has 0 unspecified atom stereocenters. The van der Waals surface area contributed by atoms with Gasteiger partial charge in [0.1, 0.15) is 5.65 Å². The Balaban J connectivity index is 2.91. The third-order valence-electron chi connectivity index (χ3n) is 2.70. The van der Waals surface area contributed by atoms with Gasteiger partial charge in [0, 0.05) is 6.20 Å². The molecule has 0 aliphatic heterocycles. The van der Waals surface area contributed by atoms with Gasteiger partial charge in [-0.2, -0.15) is 8.42 Å². The van der Waals surface area contributed by atoms with Gasteiger partial charge in [-0.05, 0) is 24.5 Å². The average molecular weight is 256 g/mol. The first kappa shape index (κ1) is 12.0. The van der Waals surface area contributed by atoms with E-state index in [0.29, 0.717) is 12.1 Å². The normalized spacial score (nSPS) is 12.2. The van der Waals surface area contributed by atoms with Gasteiger partial charge in [0.25, 0.3) is 0 Å². The summed E-state index contributed by atoms with van der Waals surface area (Å²) in [6, 6.07) is 3.55. The Morgan fingerprint density at radius 1 is 1.35 bits per heavy atom. The van der Waals surface area contributed by atoms with Crippen molar-refractivity contribution < 1.29 is 12.3 Å². The van der Waals surface area contributed by atoms with E-state index in [4.69, 9.17) is 0 Å². The van der Waals surface area contributed by atoms with Gasteiger partial charge < -0.3 is 0 Å². The van der Waals surface area contributed by atoms with Gasteiger partial charge in [-0.25, -0.2) is 4.98 Å². The van der Waals surface area contributed by atoms with E-state index in [1.165, 1.54) is 10.6 Å². The summed E-state index contributed by atoms with van der Waals surface area (Å²) < 4.78 is 36.9. The van der Waals surface area contributed by atoms with Gasteiger partial charge in [-0.15, -0.1) is 0 Å². The van der Waals surface area contributed by atoms with E-state index < -0.39 is 10.2 Å². The lowest BCUT2D eigenvalue weighted by atomic mass is 10.2. The number of halogens is 1. The molecule has 0 N–H and O–H groups in total. The van der Waals surface area contributed by atoms with E-state index in [0.717, 1.165) is 12.0 Å². The molecule has 0 saturated carbocycles. The molecule has 0 aliphatic carbocycles. The zero-order valence-electron chi connectivity index (χ0n) is 9.64. The number of imidazole rings is 1. The Morgan fingerprint density at radius 3 is 2.59 bits per heavy atom. The highest BCUT2D eigenvalue weighted by molar-refractivity contribution is 7.86. The molecule has 0 radical (unpaired) electrons. The number of hydrogen-bond donors (Lipinski definition) is 0. The third kappa shape index (κ3) is 1.93. The van der Waals surface area contributed by atoms with Crippen molar-refractivity contribution in [3.63, 3.8) is 0 Å². The van der Waals surface area contributed by atoms with E-state index >= 15 is 0 Å². The number of rotatable bonds is 3. The van der Waals surface area contributed by atoms with Crippen LogP contribution in [0.1, 0.15) is 25.1 Å². The summed E-state index contributed by atoms with van der Waals surface area (Å²) in [5.74, 6) is 0. The molecular weight excluding hydrogens is 243 g/mol. The highest BCUT2D eigenvalue weighted by Crippen LogP contribution is 2.22. The summed E-state index contributed by atoms with van der Waals surface area (Å²) in [5.41, 5.74) is 1.69. The minimum atomic E-state index is -4.75. The van der Waals surface area contributed by atoms with Crippen LogP contribution in [0, 0.1) is 0 Å². The Hall–Kier alpha value is -1.43. The topological polar surface area (TPSA) is 51.4 Å². The first-order valence-corrected chi connectivity index (χ1v) is 6.80. The Kier molecular flexibility index (Phi) is 2.91. The van der Waals surface area contributed by atoms with E-state index in [1.807, 2.05) is 13.0 Å². The zero-order valence-corrected chi connectivity index (χ0v) is 10.5. The predicted molar refractivity (Wildman–Crippen MR) is 62.2 cm³/mol. The molecule has 2 rings (SSSR count). The van der Waals surface area contributed by atoms with Crippen LogP contribution in [0.15, 0.2) is 23.4 Å². The summed E-state index contributed by atoms with van der Waals surface area (Å²) >= 11 is 0. The molecule has 0 atom stereocenters. The van der Waals surface area contributed by atoms with Crippen LogP contribution in [0.4, 0.5) is 3.89 Å². The summed E-state index contributed by atoms with van der Waals surface area (Å²) in [5, 5.41) is -0.342. The molecule has 6 heteroatoms. The van der Waals surface area contributed by atoms with E-state index in [1.54, 1.807) is 13.0 Å². The van der Waals surface area contributed by atoms with Gasteiger partial charge >= 0.3 is 10.2 Å². The van der Waals surface area contributed by atoms with Gasteiger partial charge in [-0.1, -0.05) is 23.8 Å². The fourth-order valence-corrected chi connectivity index (χ4v) is 2.77. The van der Waals surface area contributed by atoms with E-state index in [9.17, 15) is 12.3 Å². The highest BCUT2D eigenvalue weighted by Gasteiger charge is 2.24. The molecular formula is C11H13FN2O2S. The first-order chi connectivity index (χ1) is 7.99. The van der Waals surface area contributed by atoms with Gasteiger partial charge in [-0.3, -0.25) is 4.40 Å². The maximum absolute atomic E-state index is 13.3. The van der Waals surface area contributed by atoms with Crippen LogP contribution in [0.3, 0.4) is 0 Å². The predicted octanol–water partition coefficient (Wildman–Crippen LogP) is 2.12. The molecule has 2 aromatic heterocycles. The monoisotopic (exact) mass is 256 g/mol. The van der Waals surface area contributed by atoms with Crippen molar-refractivity contribution in [2.45, 2.75) is 31.7 Å². The standard InChI is InChI=1S/C11H13FN2O2S/c1-3-8-6-5-7-14-10(8)13-9(4-2)11(14)17(12,15)16/h5-7H,3-4H2,1-2H3. The molecule has 0 aromatic carbocycles. The lowest BCUT2D eigenvalue weighted by Gasteiger charge is -2.01. The molecule has 0 aliphatic rings. The van der Waals surface area contributed by atoms with Crippen molar-refractivity contribution in [1.82, 2.24) is 9.38 Å². The molecule has 0 saturated heterocycles. The first-order valence-electron chi connectivity index (χ1n) is 5.42. The third-order valence-corrected chi connectivity index (χ3v) is 3.60. The van der Waals surface area contributed by atoms with Gasteiger partial charge in [0.05, 0.1) is 5.69 Å². The molecule has 0 fully saturated rings. The van der Waals surface area contributed by atoms with Crippen molar-refractivity contribution >= 4 is 15.9 Å². The fraction of sp³-hybridized carbons (Fsp3) is 0.364. The summed E-state index contributed by atoms with van der Waals surface area (Å²) in [7, 11) is -4.75. The van der Waals surface area contributed by atoms with Gasteiger partial charge in [0.15, 0.2) is 5.03 Å². The van der Waals surface area contributed by atoms with Crippen LogP contribution in [-0.4, -0.2) is 17.8 Å². The zero-order chi connectivity index (χ0) is 12.6. The number of aromatic nitrogens is 2. The van der Waals surface area contributed by atoms with Gasteiger partial charge in [0.2, 0.25) is 0 Å². The van der Waals surface area contributed by atoms with Crippen LogP contribution >= 0.6 is 0 Å². The maximum atomic E-state index is 13.3. The number of aryl methyl sites for hydroxylation is 2. The van der Waals surface area contributed by atoms with E-state index in [2.05, 4.69) is 4.98 Å². The number of fused-ring (bicyclic) bond motifs is 1. The molecule has 0 amide bonds.